The summed E-state index contributed by atoms with van der Waals surface area (Å²) in [6.07, 6.45) is 2.97. The maximum Gasteiger partial charge on any atom is 0.223 e. The van der Waals surface area contributed by atoms with Gasteiger partial charge >= 0.3 is 0 Å². The predicted molar refractivity (Wildman–Crippen MR) is 145 cm³/mol. The van der Waals surface area contributed by atoms with Crippen LogP contribution in [0.15, 0.2) is 66.9 Å². The number of anilines is 1. The normalized spacial score (nSPS) is 14.5. The Balaban J connectivity index is 1.19. The number of ether oxygens (including phenoxy) is 1. The third kappa shape index (κ3) is 4.80. The number of para-hydroxylation sites is 2. The van der Waals surface area contributed by atoms with E-state index in [1.165, 1.54) is 11.1 Å². The zero-order valence-corrected chi connectivity index (χ0v) is 20.5. The van der Waals surface area contributed by atoms with Crippen LogP contribution in [0.3, 0.4) is 0 Å². The molecule has 0 saturated carbocycles. The molecule has 3 heterocycles. The van der Waals surface area contributed by atoms with Crippen LogP contribution in [0.1, 0.15) is 12.0 Å². The van der Waals surface area contributed by atoms with Gasteiger partial charge in [0.1, 0.15) is 5.82 Å². The molecular formula is C29H30N6O. The van der Waals surface area contributed by atoms with E-state index in [0.29, 0.717) is 5.95 Å². The fourth-order valence-electron chi connectivity index (χ4n) is 4.78. The molecule has 182 valence electrons. The molecular weight excluding hydrogens is 448 g/mol. The summed E-state index contributed by atoms with van der Waals surface area (Å²) in [6.45, 7) is 7.79. The Morgan fingerprint density at radius 2 is 1.81 bits per heavy atom. The molecule has 0 bridgehead atoms. The fourth-order valence-corrected chi connectivity index (χ4v) is 4.78. The maximum absolute atomic E-state index is 5.42. The molecule has 36 heavy (non-hydrogen) atoms. The second kappa shape index (κ2) is 10.0. The van der Waals surface area contributed by atoms with E-state index >= 15 is 0 Å². The summed E-state index contributed by atoms with van der Waals surface area (Å²) < 4.78 is 5.42. The maximum atomic E-state index is 5.42. The van der Waals surface area contributed by atoms with E-state index in [0.717, 1.165) is 84.7 Å². The molecule has 0 aliphatic carbocycles. The van der Waals surface area contributed by atoms with E-state index in [4.69, 9.17) is 14.7 Å². The monoisotopic (exact) mass is 478 g/mol. The number of H-pyrrole nitrogens is 1. The molecule has 0 unspecified atom stereocenters. The van der Waals surface area contributed by atoms with E-state index < -0.39 is 0 Å². The van der Waals surface area contributed by atoms with Gasteiger partial charge in [-0.2, -0.15) is 0 Å². The van der Waals surface area contributed by atoms with Gasteiger partial charge in [0.2, 0.25) is 5.95 Å². The number of imidazole rings is 1. The van der Waals surface area contributed by atoms with Gasteiger partial charge in [-0.3, -0.25) is 4.90 Å². The summed E-state index contributed by atoms with van der Waals surface area (Å²) in [6, 6.07) is 21.0. The Morgan fingerprint density at radius 3 is 2.69 bits per heavy atom. The van der Waals surface area contributed by atoms with Crippen LogP contribution in [0.2, 0.25) is 0 Å². The Labute approximate surface area is 210 Å². The van der Waals surface area contributed by atoms with Crippen molar-refractivity contribution in [2.24, 2.45) is 0 Å². The molecule has 0 amide bonds. The van der Waals surface area contributed by atoms with Crippen LogP contribution in [0.25, 0.3) is 44.5 Å². The number of rotatable bonds is 7. The highest BCUT2D eigenvalue weighted by Crippen LogP contribution is 2.31. The Morgan fingerprint density at radius 1 is 0.944 bits per heavy atom. The number of hydrogen-bond acceptors (Lipinski definition) is 6. The standard InChI is InChI=1S/C29H30N6O/c1-20-7-8-22(28-32-26-5-2-3-6-27(26)33-28)18-24(20)21-9-10-25-23(17-21)19-31-29(34-25)30-11-4-12-35-13-15-36-16-14-35/h2-3,5-10,17-19H,4,11-16H2,1H3,(H,32,33)(H,30,31,34). The summed E-state index contributed by atoms with van der Waals surface area (Å²) in [7, 11) is 0. The summed E-state index contributed by atoms with van der Waals surface area (Å²) in [5, 5.41) is 4.41. The van der Waals surface area contributed by atoms with E-state index in [1.54, 1.807) is 0 Å². The van der Waals surface area contributed by atoms with Crippen LogP contribution in [0.4, 0.5) is 5.95 Å². The highest BCUT2D eigenvalue weighted by molar-refractivity contribution is 5.86. The van der Waals surface area contributed by atoms with Crippen molar-refractivity contribution in [1.29, 1.82) is 0 Å². The summed E-state index contributed by atoms with van der Waals surface area (Å²) in [5.74, 6) is 1.56. The summed E-state index contributed by atoms with van der Waals surface area (Å²) in [4.78, 5) is 20.0. The summed E-state index contributed by atoms with van der Waals surface area (Å²) >= 11 is 0. The first kappa shape index (κ1) is 22.6. The molecule has 6 rings (SSSR count). The number of nitrogens with zero attached hydrogens (tertiary/aromatic N) is 4. The van der Waals surface area contributed by atoms with Crippen molar-refractivity contribution < 1.29 is 4.74 Å². The van der Waals surface area contributed by atoms with Crippen LogP contribution in [-0.4, -0.2) is 64.2 Å². The number of aromatic amines is 1. The molecule has 2 N–H and O–H groups in total. The number of hydrogen-bond donors (Lipinski definition) is 2. The first-order chi connectivity index (χ1) is 17.7. The van der Waals surface area contributed by atoms with Gasteiger partial charge in [0, 0.05) is 36.8 Å². The second-order valence-electron chi connectivity index (χ2n) is 9.33. The number of aromatic nitrogens is 4. The average Bonchev–Trinajstić information content (AvgIpc) is 3.36. The van der Waals surface area contributed by atoms with Gasteiger partial charge in [-0.25, -0.2) is 15.0 Å². The Kier molecular flexibility index (Phi) is 6.32. The molecule has 0 spiro atoms. The van der Waals surface area contributed by atoms with Crippen molar-refractivity contribution in [1.82, 2.24) is 24.8 Å². The molecule has 1 aliphatic rings. The van der Waals surface area contributed by atoms with Crippen molar-refractivity contribution >= 4 is 27.9 Å². The van der Waals surface area contributed by atoms with Gasteiger partial charge in [0.05, 0.1) is 29.8 Å². The van der Waals surface area contributed by atoms with E-state index in [-0.39, 0.29) is 0 Å². The molecule has 1 fully saturated rings. The molecule has 2 aromatic heterocycles. The van der Waals surface area contributed by atoms with Crippen LogP contribution in [-0.2, 0) is 4.74 Å². The molecule has 7 nitrogen and oxygen atoms in total. The smallest absolute Gasteiger partial charge is 0.223 e. The van der Waals surface area contributed by atoms with Crippen molar-refractivity contribution in [3.05, 3.63) is 72.4 Å². The van der Waals surface area contributed by atoms with Crippen LogP contribution >= 0.6 is 0 Å². The molecule has 7 heteroatoms. The molecule has 1 aliphatic heterocycles. The van der Waals surface area contributed by atoms with Crippen LogP contribution < -0.4 is 5.32 Å². The highest BCUT2D eigenvalue weighted by Gasteiger charge is 2.11. The fraction of sp³-hybridized carbons (Fsp3) is 0.276. The minimum atomic E-state index is 0.681. The van der Waals surface area contributed by atoms with Crippen molar-refractivity contribution in [2.45, 2.75) is 13.3 Å². The molecule has 1 saturated heterocycles. The van der Waals surface area contributed by atoms with Crippen molar-refractivity contribution in [3.8, 4) is 22.5 Å². The lowest BCUT2D eigenvalue weighted by atomic mass is 9.97. The van der Waals surface area contributed by atoms with Crippen LogP contribution in [0, 0.1) is 6.92 Å². The van der Waals surface area contributed by atoms with Gasteiger partial charge in [-0.05, 0) is 66.9 Å². The lowest BCUT2D eigenvalue weighted by Crippen LogP contribution is -2.37. The van der Waals surface area contributed by atoms with Crippen molar-refractivity contribution in [2.75, 3.05) is 44.7 Å². The number of fused-ring (bicyclic) bond motifs is 2. The minimum Gasteiger partial charge on any atom is -0.379 e. The van der Waals surface area contributed by atoms with E-state index in [1.807, 2.05) is 24.4 Å². The van der Waals surface area contributed by atoms with Gasteiger partial charge in [0.25, 0.3) is 0 Å². The van der Waals surface area contributed by atoms with Gasteiger partial charge in [0.15, 0.2) is 0 Å². The van der Waals surface area contributed by atoms with Gasteiger partial charge < -0.3 is 15.0 Å². The molecule has 3 aromatic carbocycles. The lowest BCUT2D eigenvalue weighted by Gasteiger charge is -2.26. The van der Waals surface area contributed by atoms with Crippen molar-refractivity contribution in [3.63, 3.8) is 0 Å². The van der Waals surface area contributed by atoms with E-state index in [9.17, 15) is 0 Å². The molecule has 0 radical (unpaired) electrons. The highest BCUT2D eigenvalue weighted by atomic mass is 16.5. The number of aryl methyl sites for hydroxylation is 1. The zero-order chi connectivity index (χ0) is 24.3. The summed E-state index contributed by atoms with van der Waals surface area (Å²) in [5.41, 5.74) is 7.57. The molecule has 5 aromatic rings. The Bertz CT molecular complexity index is 1470. The largest absolute Gasteiger partial charge is 0.379 e. The Hall–Kier alpha value is -3.81. The average molecular weight is 479 g/mol. The van der Waals surface area contributed by atoms with Gasteiger partial charge in [-0.1, -0.05) is 30.3 Å². The SMILES string of the molecule is Cc1ccc(-c2nc3ccccc3[nH]2)cc1-c1ccc2nc(NCCCN3CCOCC3)ncc2c1. The van der Waals surface area contributed by atoms with Gasteiger partial charge in [-0.15, -0.1) is 0 Å². The number of nitrogens with one attached hydrogen (secondary N) is 2. The minimum absolute atomic E-state index is 0.681. The lowest BCUT2D eigenvalue weighted by molar-refractivity contribution is 0.0378. The molecule has 0 atom stereocenters. The van der Waals surface area contributed by atoms with Crippen LogP contribution in [0.5, 0.6) is 0 Å². The third-order valence-corrected chi connectivity index (χ3v) is 6.83. The number of morpholine rings is 1. The zero-order valence-electron chi connectivity index (χ0n) is 20.5. The first-order valence-electron chi connectivity index (χ1n) is 12.6. The van der Waals surface area contributed by atoms with E-state index in [2.05, 4.69) is 69.6 Å². The second-order valence-corrected chi connectivity index (χ2v) is 9.33. The predicted octanol–water partition coefficient (Wildman–Crippen LogP) is 5.28. The topological polar surface area (TPSA) is 79.0 Å². The quantitative estimate of drug-likeness (QED) is 0.310. The first-order valence-corrected chi connectivity index (χ1v) is 12.6. The third-order valence-electron chi connectivity index (χ3n) is 6.83. The number of benzene rings is 3.